The number of benzene rings is 6. The Balaban J connectivity index is 0.000000135. The second-order valence-corrected chi connectivity index (χ2v) is 9.74. The summed E-state index contributed by atoms with van der Waals surface area (Å²) in [5.41, 5.74) is 8.15. The van der Waals surface area contributed by atoms with Crippen molar-refractivity contribution < 1.29 is 0 Å². The smallest absolute Gasteiger partial charge is 0.0146 e. The fourth-order valence-corrected chi connectivity index (χ4v) is 4.80. The van der Waals surface area contributed by atoms with Crippen LogP contribution >= 0.6 is 0 Å². The summed E-state index contributed by atoms with van der Waals surface area (Å²) >= 11 is 0. The summed E-state index contributed by atoms with van der Waals surface area (Å²) in [6, 6.07) is 38.7. The summed E-state index contributed by atoms with van der Waals surface area (Å²) in [5.74, 6) is 0. The van der Waals surface area contributed by atoms with E-state index in [0.29, 0.717) is 0 Å². The Labute approximate surface area is 216 Å². The minimum Gasteiger partial charge on any atom is -0.0616 e. The lowest BCUT2D eigenvalue weighted by Gasteiger charge is -2.11. The van der Waals surface area contributed by atoms with Crippen molar-refractivity contribution in [2.75, 3.05) is 0 Å². The van der Waals surface area contributed by atoms with E-state index >= 15 is 0 Å². The lowest BCUT2D eigenvalue weighted by atomic mass is 9.93. The van der Waals surface area contributed by atoms with E-state index in [4.69, 9.17) is 0 Å². The third-order valence-corrected chi connectivity index (χ3v) is 7.05. The Bertz CT molecular complexity index is 1440. The summed E-state index contributed by atoms with van der Waals surface area (Å²) in [6.45, 7) is 12.9. The topological polar surface area (TPSA) is 0 Å². The van der Waals surface area contributed by atoms with Crippen LogP contribution in [0.3, 0.4) is 0 Å². The first kappa shape index (κ1) is 25.2. The minimum absolute atomic E-state index is 1.33. The molecule has 0 saturated heterocycles. The van der Waals surface area contributed by atoms with Crippen molar-refractivity contribution in [3.63, 3.8) is 0 Å². The standard InChI is InChI=1S/C16H14.C12H12.C8H10/c1-11-13-7-3-5-9-15(13)12(2)16-10-6-4-8-14(11)16;1-9-7-8-10(2)12-6-4-3-5-11(9)12;1-7-3-5-8(2)6-4-7/h3-10H,1-2H3;3-8H,1-2H3;3-6H,1-2H3. The predicted molar refractivity (Wildman–Crippen MR) is 160 cm³/mol. The Morgan fingerprint density at radius 1 is 0.278 bits per heavy atom. The molecule has 0 aliphatic carbocycles. The molecule has 0 aliphatic rings. The molecule has 180 valence electrons. The third-order valence-electron chi connectivity index (χ3n) is 7.05. The molecule has 0 nitrogen and oxygen atoms in total. The van der Waals surface area contributed by atoms with Crippen molar-refractivity contribution >= 4 is 32.3 Å². The number of hydrogen-bond acceptors (Lipinski definition) is 0. The first-order valence-corrected chi connectivity index (χ1v) is 12.7. The van der Waals surface area contributed by atoms with Gasteiger partial charge >= 0.3 is 0 Å². The molecule has 0 aliphatic heterocycles. The van der Waals surface area contributed by atoms with Gasteiger partial charge in [0.25, 0.3) is 0 Å². The van der Waals surface area contributed by atoms with Gasteiger partial charge in [0.15, 0.2) is 0 Å². The summed E-state index contributed by atoms with van der Waals surface area (Å²) in [7, 11) is 0. The van der Waals surface area contributed by atoms with Gasteiger partial charge in [0.05, 0.1) is 0 Å². The molecule has 0 unspecified atom stereocenters. The van der Waals surface area contributed by atoms with E-state index in [2.05, 4.69) is 151 Å². The van der Waals surface area contributed by atoms with Gasteiger partial charge in [0.2, 0.25) is 0 Å². The van der Waals surface area contributed by atoms with Gasteiger partial charge < -0.3 is 0 Å². The van der Waals surface area contributed by atoms with Crippen molar-refractivity contribution in [1.82, 2.24) is 0 Å². The molecule has 6 rings (SSSR count). The van der Waals surface area contributed by atoms with E-state index < -0.39 is 0 Å². The highest BCUT2D eigenvalue weighted by atomic mass is 14.1. The fourth-order valence-electron chi connectivity index (χ4n) is 4.80. The van der Waals surface area contributed by atoms with Crippen LogP contribution in [0, 0.1) is 41.5 Å². The normalized spacial score (nSPS) is 10.5. The molecular formula is C36H36. The molecule has 0 fully saturated rings. The van der Waals surface area contributed by atoms with Gasteiger partial charge in [0.1, 0.15) is 0 Å². The number of hydrogen-bond donors (Lipinski definition) is 0. The Hall–Kier alpha value is -3.90. The second-order valence-electron chi connectivity index (χ2n) is 9.74. The Morgan fingerprint density at radius 2 is 0.528 bits per heavy atom. The third kappa shape index (κ3) is 5.50. The van der Waals surface area contributed by atoms with E-state index in [1.54, 1.807) is 0 Å². The van der Waals surface area contributed by atoms with Gasteiger partial charge in [-0.2, -0.15) is 0 Å². The lowest BCUT2D eigenvalue weighted by Crippen LogP contribution is -1.87. The van der Waals surface area contributed by atoms with Crippen LogP contribution in [0.25, 0.3) is 32.3 Å². The van der Waals surface area contributed by atoms with Crippen LogP contribution in [0.2, 0.25) is 0 Å². The predicted octanol–water partition coefficient (Wildman–Crippen LogP) is 10.4. The number of fused-ring (bicyclic) bond motifs is 3. The average Bonchev–Trinajstić information content (AvgIpc) is 2.92. The molecule has 0 saturated carbocycles. The van der Waals surface area contributed by atoms with E-state index in [1.165, 1.54) is 65.7 Å². The van der Waals surface area contributed by atoms with Gasteiger partial charge in [-0.1, -0.05) is 120 Å². The highest BCUT2D eigenvalue weighted by Crippen LogP contribution is 2.31. The van der Waals surface area contributed by atoms with Gasteiger partial charge in [-0.25, -0.2) is 0 Å². The summed E-state index contributed by atoms with van der Waals surface area (Å²) < 4.78 is 0. The first-order chi connectivity index (χ1) is 17.4. The van der Waals surface area contributed by atoms with Crippen LogP contribution < -0.4 is 0 Å². The van der Waals surface area contributed by atoms with E-state index in [-0.39, 0.29) is 0 Å². The maximum Gasteiger partial charge on any atom is -0.0146 e. The summed E-state index contributed by atoms with van der Waals surface area (Å²) in [5, 5.41) is 8.24. The SMILES string of the molecule is Cc1c2ccccc2c(C)c2ccccc12.Cc1ccc(C)c2ccccc12.Cc1ccc(C)cc1. The maximum absolute atomic E-state index is 2.21. The van der Waals surface area contributed by atoms with Crippen molar-refractivity contribution in [2.45, 2.75) is 41.5 Å². The van der Waals surface area contributed by atoms with Crippen LogP contribution in [-0.2, 0) is 0 Å². The molecular weight excluding hydrogens is 432 g/mol. The highest BCUT2D eigenvalue weighted by molar-refractivity contribution is 6.05. The molecule has 0 N–H and O–H groups in total. The quantitative estimate of drug-likeness (QED) is 0.194. The van der Waals surface area contributed by atoms with Gasteiger partial charge in [0, 0.05) is 0 Å². The molecule has 0 atom stereocenters. The average molecular weight is 469 g/mol. The van der Waals surface area contributed by atoms with Gasteiger partial charge in [-0.3, -0.25) is 0 Å². The molecule has 6 aromatic carbocycles. The van der Waals surface area contributed by atoms with Crippen LogP contribution in [0.5, 0.6) is 0 Å². The van der Waals surface area contributed by atoms with Crippen LogP contribution in [0.4, 0.5) is 0 Å². The second kappa shape index (κ2) is 11.2. The van der Waals surface area contributed by atoms with Crippen molar-refractivity contribution in [3.8, 4) is 0 Å². The molecule has 0 aromatic heterocycles. The van der Waals surface area contributed by atoms with Crippen LogP contribution in [-0.4, -0.2) is 0 Å². The highest BCUT2D eigenvalue weighted by Gasteiger charge is 2.06. The molecule has 0 bridgehead atoms. The van der Waals surface area contributed by atoms with E-state index in [9.17, 15) is 0 Å². The van der Waals surface area contributed by atoms with E-state index in [1.807, 2.05) is 0 Å². The molecule has 6 aromatic rings. The molecule has 0 radical (unpaired) electrons. The van der Waals surface area contributed by atoms with Gasteiger partial charge in [-0.05, 0) is 96.1 Å². The van der Waals surface area contributed by atoms with Crippen LogP contribution in [0.1, 0.15) is 33.4 Å². The molecule has 0 heterocycles. The van der Waals surface area contributed by atoms with Crippen LogP contribution in [0.15, 0.2) is 109 Å². The zero-order chi connectivity index (χ0) is 25.7. The van der Waals surface area contributed by atoms with Gasteiger partial charge in [-0.15, -0.1) is 0 Å². The molecule has 0 heteroatoms. The number of aryl methyl sites for hydroxylation is 6. The largest absolute Gasteiger partial charge is 0.0616 e. The monoisotopic (exact) mass is 468 g/mol. The van der Waals surface area contributed by atoms with Crippen molar-refractivity contribution in [1.29, 1.82) is 0 Å². The zero-order valence-corrected chi connectivity index (χ0v) is 22.4. The molecule has 0 spiro atoms. The maximum atomic E-state index is 2.21. The summed E-state index contributed by atoms with van der Waals surface area (Å²) in [6.07, 6.45) is 0. The minimum atomic E-state index is 1.33. The zero-order valence-electron chi connectivity index (χ0n) is 22.4. The molecule has 0 amide bonds. The van der Waals surface area contributed by atoms with Crippen molar-refractivity contribution in [3.05, 3.63) is 143 Å². The molecule has 36 heavy (non-hydrogen) atoms. The fraction of sp³-hybridized carbons (Fsp3) is 0.167. The number of rotatable bonds is 0. The van der Waals surface area contributed by atoms with E-state index in [0.717, 1.165) is 0 Å². The Kier molecular flexibility index (Phi) is 7.86. The van der Waals surface area contributed by atoms with Crippen molar-refractivity contribution in [2.24, 2.45) is 0 Å². The summed E-state index contributed by atoms with van der Waals surface area (Å²) in [4.78, 5) is 0. The first-order valence-electron chi connectivity index (χ1n) is 12.7. The lowest BCUT2D eigenvalue weighted by molar-refractivity contribution is 1.40. The Morgan fingerprint density at radius 3 is 0.806 bits per heavy atom.